The van der Waals surface area contributed by atoms with E-state index < -0.39 is 0 Å². The Labute approximate surface area is 93.3 Å². The van der Waals surface area contributed by atoms with E-state index in [-0.39, 0.29) is 16.8 Å². The van der Waals surface area contributed by atoms with Gasteiger partial charge in [0.15, 0.2) is 0 Å². The highest BCUT2D eigenvalue weighted by Gasteiger charge is 2.07. The smallest absolute Gasteiger partial charge is 0.351 e. The highest BCUT2D eigenvalue weighted by atomic mass is 32.2. The molecule has 1 rings (SSSR count). The molecule has 0 unspecified atom stereocenters. The maximum atomic E-state index is 11.2. The van der Waals surface area contributed by atoms with Crippen LogP contribution >= 0.6 is 11.8 Å². The molecule has 1 amide bonds. The fraction of sp³-hybridized carbons (Fsp3) is 0.182. The number of amides is 1. The summed E-state index contributed by atoms with van der Waals surface area (Å²) in [4.78, 5) is 21.7. The van der Waals surface area contributed by atoms with Crippen molar-refractivity contribution in [1.82, 2.24) is 5.32 Å². The molecule has 4 heteroatoms. The molecule has 1 N–H and O–H groups in total. The molecule has 3 nitrogen and oxygen atoms in total. The Morgan fingerprint density at radius 3 is 2.53 bits per heavy atom. The van der Waals surface area contributed by atoms with Crippen LogP contribution in [0.25, 0.3) is 0 Å². The van der Waals surface area contributed by atoms with Crippen LogP contribution in [0.3, 0.4) is 0 Å². The van der Waals surface area contributed by atoms with Gasteiger partial charge >= 0.3 is 5.12 Å². The summed E-state index contributed by atoms with van der Waals surface area (Å²) < 4.78 is 0. The van der Waals surface area contributed by atoms with E-state index in [2.05, 4.69) is 12.2 Å². The van der Waals surface area contributed by atoms with Gasteiger partial charge in [0.05, 0.1) is 5.75 Å². The number of nitrogens with one attached hydrogen (secondary N) is 1. The van der Waals surface area contributed by atoms with Gasteiger partial charge in [-0.2, -0.15) is 0 Å². The number of rotatable bonds is 4. The molecule has 0 spiro atoms. The van der Waals surface area contributed by atoms with E-state index in [4.69, 9.17) is 0 Å². The lowest BCUT2D eigenvalue weighted by Gasteiger charge is -2.02. The molecular formula is C11H12NO2S+. The van der Waals surface area contributed by atoms with Gasteiger partial charge in [-0.3, -0.25) is 4.79 Å². The molecule has 15 heavy (non-hydrogen) atoms. The van der Waals surface area contributed by atoms with E-state index in [1.165, 1.54) is 0 Å². The van der Waals surface area contributed by atoms with Crippen LogP contribution in [0.4, 0.5) is 0 Å². The molecule has 0 radical (unpaired) electrons. The lowest BCUT2D eigenvalue weighted by molar-refractivity contribution is -0.119. The van der Waals surface area contributed by atoms with Gasteiger partial charge in [0.25, 0.3) is 0 Å². The van der Waals surface area contributed by atoms with Crippen LogP contribution < -0.4 is 5.32 Å². The van der Waals surface area contributed by atoms with Gasteiger partial charge in [0.2, 0.25) is 5.91 Å². The van der Waals surface area contributed by atoms with E-state index in [9.17, 15) is 9.59 Å². The third-order valence-electron chi connectivity index (χ3n) is 1.70. The van der Waals surface area contributed by atoms with E-state index in [1.54, 1.807) is 0 Å². The fourth-order valence-electron chi connectivity index (χ4n) is 0.994. The number of thioether (sulfide) groups is 1. The number of carbonyl (C=O) groups excluding carboxylic acids is 2. The van der Waals surface area contributed by atoms with Crippen LogP contribution in [0.1, 0.15) is 5.56 Å². The van der Waals surface area contributed by atoms with Crippen molar-refractivity contribution in [1.29, 1.82) is 0 Å². The lowest BCUT2D eigenvalue weighted by atomic mass is 10.2. The summed E-state index contributed by atoms with van der Waals surface area (Å²) in [5, 5.41) is 2.43. The molecule has 0 fully saturated rings. The average Bonchev–Trinajstić information content (AvgIpc) is 2.25. The van der Waals surface area contributed by atoms with E-state index >= 15 is 0 Å². The summed E-state index contributed by atoms with van der Waals surface area (Å²) >= 11 is 0.912. The van der Waals surface area contributed by atoms with Gasteiger partial charge in [-0.05, 0) is 17.3 Å². The standard InChI is InChI=1S/C11H11NO2S/c1-9(13)15-8-11(14)12-7-10-5-3-2-4-6-10/h2-6H,1,7-8H2/p+1. The number of hydrogen-bond donors (Lipinski definition) is 1. The van der Waals surface area contributed by atoms with Crippen molar-refractivity contribution in [3.8, 4) is 0 Å². The van der Waals surface area contributed by atoms with Gasteiger partial charge in [-0.25, -0.2) is 4.79 Å². The number of benzene rings is 1. The Balaban J connectivity index is 2.26. The van der Waals surface area contributed by atoms with Gasteiger partial charge in [-0.15, -0.1) is 0 Å². The molecule has 0 bridgehead atoms. The van der Waals surface area contributed by atoms with Crippen molar-refractivity contribution in [2.75, 3.05) is 5.75 Å². The van der Waals surface area contributed by atoms with Crippen molar-refractivity contribution in [3.05, 3.63) is 42.8 Å². The average molecular weight is 222 g/mol. The predicted molar refractivity (Wildman–Crippen MR) is 61.1 cm³/mol. The molecule has 0 aliphatic rings. The molecule has 78 valence electrons. The largest absolute Gasteiger partial charge is 0.361 e. The third-order valence-corrected chi connectivity index (χ3v) is 2.43. The first-order valence-corrected chi connectivity index (χ1v) is 5.46. The molecule has 0 aliphatic carbocycles. The fourth-order valence-corrected chi connectivity index (χ4v) is 1.39. The summed E-state index contributed by atoms with van der Waals surface area (Å²) in [6.07, 6.45) is 0. The topological polar surface area (TPSA) is 46.2 Å². The minimum atomic E-state index is -0.287. The van der Waals surface area contributed by atoms with Crippen LogP contribution in [-0.4, -0.2) is 16.8 Å². The second-order valence-electron chi connectivity index (χ2n) is 2.92. The molecule has 0 atom stereocenters. The summed E-state index contributed by atoms with van der Waals surface area (Å²) in [7, 11) is 0. The molecule has 0 heterocycles. The molecular weight excluding hydrogens is 210 g/mol. The Morgan fingerprint density at radius 1 is 1.27 bits per heavy atom. The zero-order valence-electron chi connectivity index (χ0n) is 8.23. The number of carbonyl (C=O) groups is 2. The van der Waals surface area contributed by atoms with E-state index in [1.807, 2.05) is 30.3 Å². The maximum Gasteiger partial charge on any atom is 0.361 e. The first-order chi connectivity index (χ1) is 7.18. The highest BCUT2D eigenvalue weighted by molar-refractivity contribution is 8.14. The van der Waals surface area contributed by atoms with Crippen LogP contribution in [0.15, 0.2) is 30.3 Å². The van der Waals surface area contributed by atoms with Gasteiger partial charge in [0, 0.05) is 6.54 Å². The molecule has 0 aliphatic heterocycles. The molecule has 0 saturated carbocycles. The Morgan fingerprint density at radius 2 is 1.93 bits per heavy atom. The lowest BCUT2D eigenvalue weighted by Crippen LogP contribution is -2.24. The summed E-state index contributed by atoms with van der Waals surface area (Å²) in [6.45, 7) is 3.66. The Kier molecular flexibility index (Phi) is 4.77. The molecule has 1 aromatic carbocycles. The van der Waals surface area contributed by atoms with Crippen molar-refractivity contribution in [3.63, 3.8) is 0 Å². The van der Waals surface area contributed by atoms with Gasteiger partial charge < -0.3 is 5.32 Å². The zero-order valence-corrected chi connectivity index (χ0v) is 9.05. The van der Waals surface area contributed by atoms with Crippen molar-refractivity contribution in [2.45, 2.75) is 6.54 Å². The van der Waals surface area contributed by atoms with Crippen LogP contribution in [0.5, 0.6) is 0 Å². The van der Waals surface area contributed by atoms with Crippen molar-refractivity contribution < 1.29 is 9.59 Å². The molecule has 0 saturated heterocycles. The van der Waals surface area contributed by atoms with E-state index in [0.717, 1.165) is 17.3 Å². The first-order valence-electron chi connectivity index (χ1n) is 4.48. The predicted octanol–water partition coefficient (Wildman–Crippen LogP) is 1.40. The van der Waals surface area contributed by atoms with Crippen LogP contribution in [0, 0.1) is 6.92 Å². The van der Waals surface area contributed by atoms with Crippen LogP contribution in [0.2, 0.25) is 0 Å². The summed E-state index contributed by atoms with van der Waals surface area (Å²) in [6, 6.07) is 9.61. The molecule has 0 aromatic heterocycles. The van der Waals surface area contributed by atoms with Crippen molar-refractivity contribution in [2.24, 2.45) is 0 Å². The van der Waals surface area contributed by atoms with Gasteiger partial charge in [-0.1, -0.05) is 30.3 Å². The minimum Gasteiger partial charge on any atom is -0.351 e. The Hall–Kier alpha value is -1.42. The highest BCUT2D eigenvalue weighted by Crippen LogP contribution is 2.01. The summed E-state index contributed by atoms with van der Waals surface area (Å²) in [5.41, 5.74) is 1.04. The first kappa shape index (κ1) is 11.7. The van der Waals surface area contributed by atoms with Crippen molar-refractivity contribution >= 4 is 22.8 Å². The Bertz CT molecular complexity index is 338. The molecule has 1 aromatic rings. The zero-order chi connectivity index (χ0) is 11.1. The van der Waals surface area contributed by atoms with Crippen LogP contribution in [-0.2, 0) is 16.1 Å². The van der Waals surface area contributed by atoms with E-state index in [0.29, 0.717) is 6.54 Å². The summed E-state index contributed by atoms with van der Waals surface area (Å²) in [5.74, 6) is -0.0179. The minimum absolute atomic E-state index is 0.134. The normalized spacial score (nSPS) is 9.60. The van der Waals surface area contributed by atoms with Gasteiger partial charge in [0.1, 0.15) is 6.92 Å². The monoisotopic (exact) mass is 222 g/mol. The SMILES string of the molecule is [CH2+]C(=O)SCC(=O)NCc1ccccc1. The second kappa shape index (κ2) is 6.14. The second-order valence-corrected chi connectivity index (χ2v) is 3.96. The third kappa shape index (κ3) is 5.12. The number of hydrogen-bond acceptors (Lipinski definition) is 3. The maximum absolute atomic E-state index is 11.2. The quantitative estimate of drug-likeness (QED) is 0.783.